The van der Waals surface area contributed by atoms with Gasteiger partial charge in [0.05, 0.1) is 0 Å². The van der Waals surface area contributed by atoms with Crippen molar-refractivity contribution in [3.05, 3.63) is 33.7 Å². The Labute approximate surface area is 116 Å². The molecule has 0 aromatic heterocycles. The first-order chi connectivity index (χ1) is 10.2. The average Bonchev–Trinajstić information content (AvgIpc) is 2.51. The second-order valence-corrected chi connectivity index (χ2v) is 3.57. The Bertz CT molecular complexity index is 651. The molecule has 0 unspecified atom stereocenters. The Kier molecular flexibility index (Phi) is 4.22. The van der Waals surface area contributed by atoms with E-state index in [1.54, 1.807) is 0 Å². The number of esters is 1. The Morgan fingerprint density at radius 2 is 1.76 bits per heavy atom. The van der Waals surface area contributed by atoms with Gasteiger partial charge < -0.3 is 19.0 Å². The van der Waals surface area contributed by atoms with E-state index in [1.807, 2.05) is 0 Å². The van der Waals surface area contributed by atoms with Crippen LogP contribution in [0.15, 0.2) is 17.4 Å². The molecule has 10 nitrogen and oxygen atoms in total. The van der Waals surface area contributed by atoms with E-state index in [0.29, 0.717) is 0 Å². The number of ether oxygens (including phenoxy) is 3. The third-order valence-electron chi connectivity index (χ3n) is 2.44. The summed E-state index contributed by atoms with van der Waals surface area (Å²) in [5.41, 5.74) is 7.92. The monoisotopic (exact) mass is 293 g/mol. The Balaban J connectivity index is 2.46. The molecule has 0 aliphatic carbocycles. The molecule has 10 heteroatoms. The summed E-state index contributed by atoms with van der Waals surface area (Å²) >= 11 is 0. The molecule has 2 rings (SSSR count). The molecule has 0 fully saturated rings. The molecule has 0 amide bonds. The molecule has 0 saturated heterocycles. The highest BCUT2D eigenvalue weighted by Crippen LogP contribution is 2.38. The maximum absolute atomic E-state index is 11.7. The van der Waals surface area contributed by atoms with E-state index in [-0.39, 0.29) is 42.3 Å². The lowest BCUT2D eigenvalue weighted by atomic mass is 10.1. The van der Waals surface area contributed by atoms with Crippen molar-refractivity contribution >= 4 is 18.4 Å². The molecule has 0 saturated carbocycles. The molecule has 0 spiro atoms. The molecule has 0 bridgehead atoms. The second-order valence-electron chi connectivity index (χ2n) is 3.57. The predicted octanol–water partition coefficient (Wildman–Crippen LogP) is 1.15. The number of nitrogens with zero attached hydrogens (tertiary/aromatic N) is 3. The summed E-state index contributed by atoms with van der Waals surface area (Å²) in [4.78, 5) is 40.0. The fraction of sp³-hybridized carbons (Fsp3) is 0.182. The van der Waals surface area contributed by atoms with E-state index < -0.39 is 11.9 Å². The van der Waals surface area contributed by atoms with Crippen molar-refractivity contribution < 1.29 is 33.4 Å². The molecule has 1 heterocycles. The highest BCUT2D eigenvalue weighted by molar-refractivity contribution is 6.00. The second kappa shape index (κ2) is 6.26. The fourth-order valence-corrected chi connectivity index (χ4v) is 1.67. The van der Waals surface area contributed by atoms with Crippen molar-refractivity contribution in [2.75, 3.05) is 13.2 Å². The van der Waals surface area contributed by atoms with Gasteiger partial charge in [-0.1, -0.05) is 0 Å². The summed E-state index contributed by atoms with van der Waals surface area (Å²) in [6, 6.07) is 2.40. The van der Waals surface area contributed by atoms with Gasteiger partial charge in [0.25, 0.3) is 0 Å². The van der Waals surface area contributed by atoms with Gasteiger partial charge in [-0.2, -0.15) is 0 Å². The van der Waals surface area contributed by atoms with Crippen LogP contribution in [-0.4, -0.2) is 31.6 Å². The lowest BCUT2D eigenvalue weighted by Crippen LogP contribution is -2.21. The van der Waals surface area contributed by atoms with Crippen LogP contribution >= 0.6 is 0 Å². The number of azide groups is 1. The van der Waals surface area contributed by atoms with Crippen LogP contribution in [0.25, 0.3) is 10.4 Å². The third-order valence-corrected chi connectivity index (χ3v) is 2.44. The van der Waals surface area contributed by atoms with Gasteiger partial charge in [0, 0.05) is 4.91 Å². The Hall–Kier alpha value is -3.26. The number of carbonyl (C=O) groups excluding carboxylic acids is 3. The van der Waals surface area contributed by atoms with Crippen molar-refractivity contribution in [1.82, 2.24) is 0 Å². The van der Waals surface area contributed by atoms with Crippen molar-refractivity contribution in [3.63, 3.8) is 0 Å². The van der Waals surface area contributed by atoms with Crippen LogP contribution in [0, 0.1) is 0 Å². The average molecular weight is 293 g/mol. The first-order valence-electron chi connectivity index (χ1n) is 5.52. The number of fused-ring (bicyclic) bond motifs is 1. The quantitative estimate of drug-likeness (QED) is 0.154. The van der Waals surface area contributed by atoms with Crippen molar-refractivity contribution in [2.24, 2.45) is 5.28 Å². The first-order valence-corrected chi connectivity index (χ1v) is 5.52. The number of rotatable bonds is 4. The SMILES string of the molecule is [N-]=[N+]=NOC(=O)c1ccc(C(=O)OC=O)c2c1OCCO2. The van der Waals surface area contributed by atoms with Gasteiger partial charge in [-0.05, 0) is 17.7 Å². The molecular weight excluding hydrogens is 286 g/mol. The zero-order chi connectivity index (χ0) is 15.2. The van der Waals surface area contributed by atoms with Gasteiger partial charge in [-0.25, -0.2) is 9.59 Å². The lowest BCUT2D eigenvalue weighted by molar-refractivity contribution is -0.123. The van der Waals surface area contributed by atoms with Crippen LogP contribution in [0.1, 0.15) is 20.7 Å². The molecule has 1 aliphatic rings. The minimum absolute atomic E-state index is 0.0256. The fourth-order valence-electron chi connectivity index (χ4n) is 1.67. The molecule has 21 heavy (non-hydrogen) atoms. The maximum Gasteiger partial charge on any atom is 0.353 e. The van der Waals surface area contributed by atoms with Crippen LogP contribution in [0.2, 0.25) is 0 Å². The largest absolute Gasteiger partial charge is 0.485 e. The zero-order valence-electron chi connectivity index (χ0n) is 10.3. The van der Waals surface area contributed by atoms with E-state index in [1.165, 1.54) is 12.1 Å². The first kappa shape index (κ1) is 14.2. The standard InChI is InChI=1S/C11H7N3O7/c12-13-14-21-11(17)7-2-1-6(10(16)20-5-15)8-9(7)19-4-3-18-8/h1-2,5H,3-4H2. The van der Waals surface area contributed by atoms with Gasteiger partial charge in [0.1, 0.15) is 29.6 Å². The topological polar surface area (TPSA) is 137 Å². The van der Waals surface area contributed by atoms with E-state index in [9.17, 15) is 14.4 Å². The number of carbonyl (C=O) groups is 3. The van der Waals surface area contributed by atoms with Crippen LogP contribution in [0.5, 0.6) is 11.5 Å². The van der Waals surface area contributed by atoms with E-state index in [2.05, 4.69) is 19.8 Å². The zero-order valence-corrected chi connectivity index (χ0v) is 10.3. The summed E-state index contributed by atoms with van der Waals surface area (Å²) in [5, 5.41) is 2.68. The van der Waals surface area contributed by atoms with Gasteiger partial charge in [0.15, 0.2) is 11.5 Å². The summed E-state index contributed by atoms with van der Waals surface area (Å²) in [6.07, 6.45) is 0. The highest BCUT2D eigenvalue weighted by Gasteiger charge is 2.28. The maximum atomic E-state index is 11.7. The molecular formula is C11H7N3O7. The van der Waals surface area contributed by atoms with E-state index in [4.69, 9.17) is 15.0 Å². The normalized spacial score (nSPS) is 11.8. The summed E-state index contributed by atoms with van der Waals surface area (Å²) in [7, 11) is 0. The van der Waals surface area contributed by atoms with Gasteiger partial charge in [-0.3, -0.25) is 4.79 Å². The molecule has 0 radical (unpaired) electrons. The van der Waals surface area contributed by atoms with E-state index in [0.717, 1.165) is 0 Å². The Morgan fingerprint density at radius 1 is 1.19 bits per heavy atom. The van der Waals surface area contributed by atoms with Crippen LogP contribution in [0.3, 0.4) is 0 Å². The van der Waals surface area contributed by atoms with Crippen LogP contribution in [0.4, 0.5) is 0 Å². The van der Waals surface area contributed by atoms with E-state index >= 15 is 0 Å². The minimum atomic E-state index is -0.982. The molecule has 108 valence electrons. The minimum Gasteiger partial charge on any atom is -0.485 e. The third kappa shape index (κ3) is 2.85. The van der Waals surface area contributed by atoms with Crippen LogP contribution < -0.4 is 9.47 Å². The molecule has 0 N–H and O–H groups in total. The summed E-state index contributed by atoms with van der Waals surface area (Å²) in [6.45, 7) is 0.256. The highest BCUT2D eigenvalue weighted by atomic mass is 16.7. The van der Waals surface area contributed by atoms with Crippen molar-refractivity contribution in [1.29, 1.82) is 0 Å². The number of hydrogen-bond donors (Lipinski definition) is 0. The van der Waals surface area contributed by atoms with Crippen LogP contribution in [-0.2, 0) is 14.4 Å². The van der Waals surface area contributed by atoms with Crippen molar-refractivity contribution in [3.8, 4) is 11.5 Å². The summed E-state index contributed by atoms with van der Waals surface area (Å²) in [5.74, 6) is -2.05. The molecule has 1 aromatic rings. The van der Waals surface area contributed by atoms with Gasteiger partial charge >= 0.3 is 18.4 Å². The predicted molar refractivity (Wildman–Crippen MR) is 63.5 cm³/mol. The number of hydrogen-bond acceptors (Lipinski definition) is 8. The molecule has 0 atom stereocenters. The molecule has 1 aromatic carbocycles. The lowest BCUT2D eigenvalue weighted by Gasteiger charge is -2.21. The molecule has 1 aliphatic heterocycles. The van der Waals surface area contributed by atoms with Gasteiger partial charge in [-0.15, -0.1) is 0 Å². The van der Waals surface area contributed by atoms with Gasteiger partial charge in [0.2, 0.25) is 0 Å². The summed E-state index contributed by atoms with van der Waals surface area (Å²) < 4.78 is 14.8. The van der Waals surface area contributed by atoms with Crippen molar-refractivity contribution in [2.45, 2.75) is 0 Å². The number of benzene rings is 1. The smallest absolute Gasteiger partial charge is 0.353 e. The Morgan fingerprint density at radius 3 is 2.29 bits per heavy atom.